The van der Waals surface area contributed by atoms with Crippen LogP contribution >= 0.6 is 0 Å². The molecule has 7 nitrogen and oxygen atoms in total. The number of nitrogens with one attached hydrogen (secondary N) is 1. The maximum atomic E-state index is 5.84. The predicted octanol–water partition coefficient (Wildman–Crippen LogP) is 0.336. The van der Waals surface area contributed by atoms with Gasteiger partial charge in [0.25, 0.3) is 0 Å². The molecule has 3 aromatic heterocycles. The summed E-state index contributed by atoms with van der Waals surface area (Å²) < 4.78 is 1.68. The van der Waals surface area contributed by atoms with E-state index < -0.39 is 0 Å². The van der Waals surface area contributed by atoms with Gasteiger partial charge in [0.2, 0.25) is 0 Å². The first-order chi connectivity index (χ1) is 7.77. The topological polar surface area (TPSA) is 98.3 Å². The first-order valence-corrected chi connectivity index (χ1v) is 4.69. The zero-order chi connectivity index (χ0) is 11.1. The van der Waals surface area contributed by atoms with Gasteiger partial charge in [-0.05, 0) is 0 Å². The first-order valence-electron chi connectivity index (χ1n) is 4.69. The number of nitrogens with two attached hydrogens (primary N) is 1. The molecule has 0 radical (unpaired) electrons. The second-order valence-corrected chi connectivity index (χ2v) is 3.42. The van der Waals surface area contributed by atoms with Gasteiger partial charge in [-0.1, -0.05) is 0 Å². The average molecular weight is 215 g/mol. The van der Waals surface area contributed by atoms with Crippen LogP contribution in [0.5, 0.6) is 0 Å². The highest BCUT2D eigenvalue weighted by Crippen LogP contribution is 2.28. The van der Waals surface area contributed by atoms with Crippen molar-refractivity contribution < 1.29 is 0 Å². The summed E-state index contributed by atoms with van der Waals surface area (Å²) in [6.45, 7) is 0. The Kier molecular flexibility index (Phi) is 1.67. The zero-order valence-electron chi connectivity index (χ0n) is 8.55. The summed E-state index contributed by atoms with van der Waals surface area (Å²) in [6, 6.07) is 0. The van der Waals surface area contributed by atoms with Crippen molar-refractivity contribution in [3.63, 3.8) is 0 Å². The quantitative estimate of drug-likeness (QED) is 0.609. The number of nitrogen functional groups attached to an aromatic ring is 1. The molecule has 0 spiro atoms. The number of aromatic amines is 1. The number of nitrogens with zero attached hydrogens (tertiary/aromatic N) is 5. The van der Waals surface area contributed by atoms with Crippen molar-refractivity contribution in [2.24, 2.45) is 7.05 Å². The fraction of sp³-hybridized carbons (Fsp3) is 0.111. The molecule has 16 heavy (non-hydrogen) atoms. The van der Waals surface area contributed by atoms with Crippen LogP contribution in [0.25, 0.3) is 22.3 Å². The number of anilines is 1. The standard InChI is InChI=1S/C9H9N7/c1-16-9-6(8(10)11-4-12-9)7(15-16)5-2-13-14-3-5/h2-4H,1H3,(H,13,14)(H2,10,11,12). The van der Waals surface area contributed by atoms with Gasteiger partial charge >= 0.3 is 0 Å². The number of hydrogen-bond acceptors (Lipinski definition) is 5. The second-order valence-electron chi connectivity index (χ2n) is 3.42. The molecule has 0 bridgehead atoms. The molecular formula is C9H9N7. The summed E-state index contributed by atoms with van der Waals surface area (Å²) in [5, 5.41) is 11.8. The van der Waals surface area contributed by atoms with Crippen molar-refractivity contribution in [1.82, 2.24) is 29.9 Å². The molecule has 0 aliphatic rings. The highest BCUT2D eigenvalue weighted by molar-refractivity contribution is 5.97. The Morgan fingerprint density at radius 2 is 2.25 bits per heavy atom. The van der Waals surface area contributed by atoms with Crippen molar-refractivity contribution in [2.45, 2.75) is 0 Å². The number of rotatable bonds is 1. The normalized spacial score (nSPS) is 11.1. The second kappa shape index (κ2) is 3.02. The summed E-state index contributed by atoms with van der Waals surface area (Å²) in [4.78, 5) is 8.12. The molecule has 0 saturated carbocycles. The largest absolute Gasteiger partial charge is 0.383 e. The van der Waals surface area contributed by atoms with Crippen LogP contribution in [-0.4, -0.2) is 29.9 Å². The molecule has 7 heteroatoms. The Hall–Kier alpha value is -2.44. The van der Waals surface area contributed by atoms with Crippen LogP contribution in [0.1, 0.15) is 0 Å². The molecule has 3 aromatic rings. The predicted molar refractivity (Wildman–Crippen MR) is 58.3 cm³/mol. The maximum Gasteiger partial charge on any atom is 0.163 e. The van der Waals surface area contributed by atoms with E-state index in [-0.39, 0.29) is 0 Å². The smallest absolute Gasteiger partial charge is 0.163 e. The molecule has 0 aliphatic heterocycles. The number of fused-ring (bicyclic) bond motifs is 1. The first kappa shape index (κ1) is 8.84. The van der Waals surface area contributed by atoms with E-state index in [0.717, 1.165) is 16.6 Å². The maximum absolute atomic E-state index is 5.84. The van der Waals surface area contributed by atoms with E-state index in [0.29, 0.717) is 11.5 Å². The van der Waals surface area contributed by atoms with E-state index in [2.05, 4.69) is 25.3 Å². The van der Waals surface area contributed by atoms with E-state index in [9.17, 15) is 0 Å². The Bertz CT molecular complexity index is 637. The van der Waals surface area contributed by atoms with Gasteiger partial charge in [-0.25, -0.2) is 14.6 Å². The summed E-state index contributed by atoms with van der Waals surface area (Å²) in [6.07, 6.45) is 4.88. The minimum Gasteiger partial charge on any atom is -0.383 e. The Morgan fingerprint density at radius 1 is 1.38 bits per heavy atom. The molecule has 0 aromatic carbocycles. The lowest BCUT2D eigenvalue weighted by molar-refractivity contribution is 0.789. The number of aromatic nitrogens is 6. The lowest BCUT2D eigenvalue weighted by Crippen LogP contribution is -1.95. The van der Waals surface area contributed by atoms with Gasteiger partial charge in [-0.2, -0.15) is 10.2 Å². The summed E-state index contributed by atoms with van der Waals surface area (Å²) in [7, 11) is 1.82. The number of aryl methyl sites for hydroxylation is 1. The lowest BCUT2D eigenvalue weighted by atomic mass is 10.2. The molecule has 0 fully saturated rings. The fourth-order valence-corrected chi connectivity index (χ4v) is 1.69. The average Bonchev–Trinajstić information content (AvgIpc) is 2.87. The summed E-state index contributed by atoms with van der Waals surface area (Å²) in [5.74, 6) is 0.425. The molecule has 0 aliphatic carbocycles. The van der Waals surface area contributed by atoms with Crippen LogP contribution in [0.3, 0.4) is 0 Å². The van der Waals surface area contributed by atoms with Crippen LogP contribution in [-0.2, 0) is 7.05 Å². The van der Waals surface area contributed by atoms with Crippen molar-refractivity contribution >= 4 is 16.9 Å². The van der Waals surface area contributed by atoms with E-state index >= 15 is 0 Å². The van der Waals surface area contributed by atoms with Gasteiger partial charge in [0, 0.05) is 18.8 Å². The fourth-order valence-electron chi connectivity index (χ4n) is 1.69. The van der Waals surface area contributed by atoms with Gasteiger partial charge in [0.1, 0.15) is 17.8 Å². The third kappa shape index (κ3) is 1.08. The molecule has 0 unspecified atom stereocenters. The number of hydrogen-bond donors (Lipinski definition) is 2. The van der Waals surface area contributed by atoms with Crippen molar-refractivity contribution in [3.05, 3.63) is 18.7 Å². The summed E-state index contributed by atoms with van der Waals surface area (Å²) >= 11 is 0. The Balaban J connectivity index is 2.42. The Morgan fingerprint density at radius 3 is 3.00 bits per heavy atom. The minimum atomic E-state index is 0.425. The third-order valence-corrected chi connectivity index (χ3v) is 2.42. The molecule has 0 amide bonds. The van der Waals surface area contributed by atoms with E-state index in [4.69, 9.17) is 5.73 Å². The van der Waals surface area contributed by atoms with Gasteiger partial charge in [-0.15, -0.1) is 0 Å². The van der Waals surface area contributed by atoms with Crippen molar-refractivity contribution in [3.8, 4) is 11.3 Å². The van der Waals surface area contributed by atoms with Gasteiger partial charge in [-0.3, -0.25) is 5.10 Å². The van der Waals surface area contributed by atoms with Crippen LogP contribution in [0.4, 0.5) is 5.82 Å². The summed E-state index contributed by atoms with van der Waals surface area (Å²) in [5.41, 5.74) is 8.16. The van der Waals surface area contributed by atoms with Crippen LogP contribution < -0.4 is 5.73 Å². The SMILES string of the molecule is Cn1nc(-c2cn[nH]c2)c2c(N)ncnc21. The van der Waals surface area contributed by atoms with E-state index in [1.807, 2.05) is 7.05 Å². The molecule has 3 rings (SSSR count). The monoisotopic (exact) mass is 215 g/mol. The van der Waals surface area contributed by atoms with E-state index in [1.54, 1.807) is 17.1 Å². The highest BCUT2D eigenvalue weighted by Gasteiger charge is 2.15. The zero-order valence-corrected chi connectivity index (χ0v) is 8.55. The Labute approximate surface area is 90.3 Å². The minimum absolute atomic E-state index is 0.425. The van der Waals surface area contributed by atoms with Crippen LogP contribution in [0.2, 0.25) is 0 Å². The molecule has 3 heterocycles. The molecule has 3 N–H and O–H groups in total. The van der Waals surface area contributed by atoms with Gasteiger partial charge < -0.3 is 5.73 Å². The molecule has 80 valence electrons. The molecule has 0 saturated heterocycles. The van der Waals surface area contributed by atoms with Gasteiger partial charge in [0.05, 0.1) is 11.6 Å². The highest BCUT2D eigenvalue weighted by atomic mass is 15.3. The third-order valence-electron chi connectivity index (χ3n) is 2.42. The van der Waals surface area contributed by atoms with Crippen LogP contribution in [0, 0.1) is 0 Å². The van der Waals surface area contributed by atoms with Crippen molar-refractivity contribution in [1.29, 1.82) is 0 Å². The molecular weight excluding hydrogens is 206 g/mol. The van der Waals surface area contributed by atoms with Crippen molar-refractivity contribution in [2.75, 3.05) is 5.73 Å². The van der Waals surface area contributed by atoms with E-state index in [1.165, 1.54) is 6.33 Å². The van der Waals surface area contributed by atoms with Gasteiger partial charge in [0.15, 0.2) is 5.65 Å². The lowest BCUT2D eigenvalue weighted by Gasteiger charge is -1.95. The molecule has 0 atom stereocenters. The van der Waals surface area contributed by atoms with Crippen LogP contribution in [0.15, 0.2) is 18.7 Å². The number of H-pyrrole nitrogens is 1.